The molecular weight excluding hydrogens is 347 g/mol. The number of sulfone groups is 1. The number of nitrogens with zero attached hydrogens (tertiary/aromatic N) is 2. The van der Waals surface area contributed by atoms with Crippen LogP contribution in [0.25, 0.3) is 0 Å². The highest BCUT2D eigenvalue weighted by Gasteiger charge is 2.31. The van der Waals surface area contributed by atoms with Gasteiger partial charge >= 0.3 is 5.97 Å². The number of hydrogen-bond acceptors (Lipinski definition) is 4. The van der Waals surface area contributed by atoms with Crippen molar-refractivity contribution in [1.29, 1.82) is 0 Å². The van der Waals surface area contributed by atoms with Gasteiger partial charge in [-0.2, -0.15) is 5.10 Å². The predicted octanol–water partition coefficient (Wildman–Crippen LogP) is 0.546. The van der Waals surface area contributed by atoms with Crippen LogP contribution in [-0.4, -0.2) is 40.8 Å². The van der Waals surface area contributed by atoms with Gasteiger partial charge in [0, 0.05) is 0 Å². The summed E-state index contributed by atoms with van der Waals surface area (Å²) in [6, 6.07) is -0.231. The van der Waals surface area contributed by atoms with E-state index in [9.17, 15) is 13.2 Å². The van der Waals surface area contributed by atoms with Gasteiger partial charge in [0.25, 0.3) is 0 Å². The van der Waals surface area contributed by atoms with Crippen LogP contribution in [-0.2, 0) is 9.84 Å². The molecule has 0 saturated carbocycles. The molecule has 1 unspecified atom stereocenters. The van der Waals surface area contributed by atoms with Crippen LogP contribution in [0, 0.1) is 3.70 Å². The van der Waals surface area contributed by atoms with Gasteiger partial charge in [0.1, 0.15) is 9.26 Å². The minimum absolute atomic E-state index is 0.0454. The van der Waals surface area contributed by atoms with E-state index in [2.05, 4.69) is 5.10 Å². The van der Waals surface area contributed by atoms with Crippen molar-refractivity contribution >= 4 is 38.4 Å². The Labute approximate surface area is 106 Å². The summed E-state index contributed by atoms with van der Waals surface area (Å²) in [6.45, 7) is 0. The van der Waals surface area contributed by atoms with Gasteiger partial charge in [-0.1, -0.05) is 0 Å². The number of carboxylic acid groups (broad SMARTS) is 1. The Morgan fingerprint density at radius 3 is 2.75 bits per heavy atom. The van der Waals surface area contributed by atoms with Crippen molar-refractivity contribution < 1.29 is 18.3 Å². The van der Waals surface area contributed by atoms with Gasteiger partial charge in [0.05, 0.1) is 23.7 Å². The van der Waals surface area contributed by atoms with Gasteiger partial charge in [-0.15, -0.1) is 0 Å². The largest absolute Gasteiger partial charge is 0.478 e. The van der Waals surface area contributed by atoms with E-state index in [1.807, 2.05) is 22.6 Å². The highest BCUT2D eigenvalue weighted by atomic mass is 127. The molecule has 1 aromatic rings. The summed E-state index contributed by atoms with van der Waals surface area (Å²) >= 11 is 1.88. The summed E-state index contributed by atoms with van der Waals surface area (Å²) in [5.74, 6) is -0.851. The maximum absolute atomic E-state index is 11.3. The monoisotopic (exact) mass is 356 g/mol. The predicted molar refractivity (Wildman–Crippen MR) is 64.2 cm³/mol. The van der Waals surface area contributed by atoms with Gasteiger partial charge in [0.2, 0.25) is 0 Å². The average molecular weight is 356 g/mol. The molecule has 0 aromatic carbocycles. The fourth-order valence-electron chi connectivity index (χ4n) is 1.71. The summed E-state index contributed by atoms with van der Waals surface area (Å²) in [7, 11) is -2.98. The molecular formula is C8H9IN2O4S. The fourth-order valence-corrected chi connectivity index (χ4v) is 4.29. The molecule has 2 rings (SSSR count). The first kappa shape index (κ1) is 11.8. The van der Waals surface area contributed by atoms with Crippen molar-refractivity contribution in [3.63, 3.8) is 0 Å². The van der Waals surface area contributed by atoms with Crippen molar-refractivity contribution in [2.24, 2.45) is 0 Å². The molecule has 88 valence electrons. The summed E-state index contributed by atoms with van der Waals surface area (Å²) in [5.41, 5.74) is 0.116. The lowest BCUT2D eigenvalue weighted by Gasteiger charge is -2.09. The number of aromatic nitrogens is 2. The molecule has 0 amide bonds. The zero-order valence-electron chi connectivity index (χ0n) is 8.13. The van der Waals surface area contributed by atoms with E-state index in [1.54, 1.807) is 0 Å². The minimum atomic E-state index is -2.98. The number of rotatable bonds is 2. The molecule has 1 aromatic heterocycles. The van der Waals surface area contributed by atoms with E-state index in [-0.39, 0.29) is 23.1 Å². The van der Waals surface area contributed by atoms with Gasteiger partial charge in [-0.3, -0.25) is 4.68 Å². The normalized spacial score (nSPS) is 23.4. The first-order valence-electron chi connectivity index (χ1n) is 4.57. The molecule has 1 N–H and O–H groups in total. The van der Waals surface area contributed by atoms with Crippen LogP contribution in [0.1, 0.15) is 22.8 Å². The number of aromatic carboxylic acids is 1. The second-order valence-corrected chi connectivity index (χ2v) is 6.91. The topological polar surface area (TPSA) is 89.3 Å². The van der Waals surface area contributed by atoms with E-state index >= 15 is 0 Å². The number of carboxylic acids is 1. The quantitative estimate of drug-likeness (QED) is 0.782. The molecule has 1 fully saturated rings. The molecule has 16 heavy (non-hydrogen) atoms. The summed E-state index contributed by atoms with van der Waals surface area (Å²) in [5, 5.41) is 12.8. The maximum Gasteiger partial charge on any atom is 0.340 e. The first-order chi connectivity index (χ1) is 7.41. The zero-order chi connectivity index (χ0) is 11.9. The van der Waals surface area contributed by atoms with Crippen molar-refractivity contribution in [3.05, 3.63) is 15.5 Å². The van der Waals surface area contributed by atoms with Crippen molar-refractivity contribution in [2.75, 3.05) is 11.5 Å². The van der Waals surface area contributed by atoms with Crippen LogP contribution in [0.5, 0.6) is 0 Å². The second kappa shape index (κ2) is 3.99. The van der Waals surface area contributed by atoms with E-state index in [0.29, 0.717) is 10.1 Å². The van der Waals surface area contributed by atoms with Gasteiger partial charge in [-0.05, 0) is 29.0 Å². The SMILES string of the molecule is O=C(O)c1cnn(C2CCS(=O)(=O)C2)c1I. The average Bonchev–Trinajstić information content (AvgIpc) is 2.69. The van der Waals surface area contributed by atoms with Crippen LogP contribution in [0.15, 0.2) is 6.20 Å². The Morgan fingerprint density at radius 2 is 2.31 bits per heavy atom. The van der Waals surface area contributed by atoms with Crippen LogP contribution >= 0.6 is 22.6 Å². The molecule has 2 heterocycles. The fraction of sp³-hybridized carbons (Fsp3) is 0.500. The van der Waals surface area contributed by atoms with Crippen LogP contribution in [0.4, 0.5) is 0 Å². The Morgan fingerprint density at radius 1 is 1.62 bits per heavy atom. The second-order valence-electron chi connectivity index (χ2n) is 3.66. The molecule has 0 bridgehead atoms. The van der Waals surface area contributed by atoms with E-state index in [4.69, 9.17) is 5.11 Å². The number of hydrogen-bond donors (Lipinski definition) is 1. The van der Waals surface area contributed by atoms with Gasteiger partial charge in [-0.25, -0.2) is 13.2 Å². The first-order valence-corrected chi connectivity index (χ1v) is 7.47. The van der Waals surface area contributed by atoms with E-state index in [1.165, 1.54) is 10.9 Å². The lowest BCUT2D eigenvalue weighted by molar-refractivity contribution is 0.0695. The number of carbonyl (C=O) groups is 1. The van der Waals surface area contributed by atoms with Crippen molar-refractivity contribution in [3.8, 4) is 0 Å². The van der Waals surface area contributed by atoms with Crippen LogP contribution < -0.4 is 0 Å². The third kappa shape index (κ3) is 2.08. The summed E-state index contributed by atoms with van der Waals surface area (Å²) in [4.78, 5) is 10.8. The van der Waals surface area contributed by atoms with E-state index in [0.717, 1.165) is 0 Å². The van der Waals surface area contributed by atoms with E-state index < -0.39 is 15.8 Å². The standard InChI is InChI=1S/C8H9IN2O4S/c9-7-6(8(12)13)3-10-11(7)5-1-2-16(14,15)4-5/h3,5H,1-2,4H2,(H,12,13). The minimum Gasteiger partial charge on any atom is -0.478 e. The van der Waals surface area contributed by atoms with Crippen LogP contribution in [0.3, 0.4) is 0 Å². The summed E-state index contributed by atoms with van der Waals surface area (Å²) < 4.78 is 24.6. The molecule has 1 aliphatic heterocycles. The molecule has 6 nitrogen and oxygen atoms in total. The molecule has 0 radical (unpaired) electrons. The third-order valence-corrected chi connectivity index (χ3v) is 5.35. The maximum atomic E-state index is 11.3. The third-order valence-electron chi connectivity index (χ3n) is 2.52. The van der Waals surface area contributed by atoms with Gasteiger partial charge in [0.15, 0.2) is 9.84 Å². The molecule has 0 aliphatic carbocycles. The van der Waals surface area contributed by atoms with Gasteiger partial charge < -0.3 is 5.11 Å². The highest BCUT2D eigenvalue weighted by Crippen LogP contribution is 2.26. The summed E-state index contributed by atoms with van der Waals surface area (Å²) in [6.07, 6.45) is 1.76. The highest BCUT2D eigenvalue weighted by molar-refractivity contribution is 14.1. The van der Waals surface area contributed by atoms with Crippen LogP contribution in [0.2, 0.25) is 0 Å². The zero-order valence-corrected chi connectivity index (χ0v) is 11.1. The molecule has 1 atom stereocenters. The Hall–Kier alpha value is -0.640. The lowest BCUT2D eigenvalue weighted by Crippen LogP contribution is -2.14. The molecule has 1 aliphatic rings. The Kier molecular flexibility index (Phi) is 2.95. The smallest absolute Gasteiger partial charge is 0.340 e. The molecule has 8 heteroatoms. The van der Waals surface area contributed by atoms with Crippen molar-refractivity contribution in [2.45, 2.75) is 12.5 Å². The van der Waals surface area contributed by atoms with Crippen molar-refractivity contribution in [1.82, 2.24) is 9.78 Å². The molecule has 1 saturated heterocycles. The Balaban J connectivity index is 2.33. The molecule has 0 spiro atoms. The Bertz CT molecular complexity index is 536. The number of halogens is 1. The lowest BCUT2D eigenvalue weighted by atomic mass is 10.3.